The summed E-state index contributed by atoms with van der Waals surface area (Å²) in [7, 11) is 0. The molecule has 0 saturated heterocycles. The van der Waals surface area contributed by atoms with Crippen LogP contribution in [-0.4, -0.2) is 13.7 Å². The summed E-state index contributed by atoms with van der Waals surface area (Å²) in [5.41, 5.74) is 4.38. The maximum Gasteiger partial charge on any atom is 0.109 e. The van der Waals surface area contributed by atoms with Crippen LogP contribution in [-0.2, 0) is 0 Å². The Morgan fingerprint density at radius 2 is 2.36 bits per heavy atom. The molecule has 2 heterocycles. The Morgan fingerprint density at radius 3 is 2.86 bits per heavy atom. The average Bonchev–Trinajstić information content (AvgIpc) is 2.79. The Labute approximate surface area is 89.3 Å². The predicted octanol–water partition coefficient (Wildman–Crippen LogP) is 0.856. The van der Waals surface area contributed by atoms with Crippen molar-refractivity contribution < 1.29 is 0 Å². The normalized spacial score (nSPS) is 13.0. The molecule has 0 amide bonds. The summed E-state index contributed by atoms with van der Waals surface area (Å²) in [6, 6.07) is -0.154. The molecule has 0 radical (unpaired) electrons. The Balaban J connectivity index is 2.31. The zero-order chi connectivity index (χ0) is 9.97. The zero-order valence-electron chi connectivity index (χ0n) is 7.47. The Bertz CT molecular complexity index is 396. The number of aromatic nitrogens is 3. The highest BCUT2D eigenvalue weighted by atomic mass is 32.1. The minimum atomic E-state index is -0.154. The second-order valence-electron chi connectivity index (χ2n) is 2.72. The lowest BCUT2D eigenvalue weighted by molar-refractivity contribution is 0.612. The van der Waals surface area contributed by atoms with Crippen molar-refractivity contribution in [3.05, 3.63) is 28.0 Å². The van der Waals surface area contributed by atoms with E-state index in [2.05, 4.69) is 19.2 Å². The van der Waals surface area contributed by atoms with E-state index in [4.69, 9.17) is 5.84 Å². The summed E-state index contributed by atoms with van der Waals surface area (Å²) in [6.07, 6.45) is 1.70. The Hall–Kier alpha value is -0.890. The highest BCUT2D eigenvalue weighted by molar-refractivity contribution is 7.09. The van der Waals surface area contributed by atoms with Crippen LogP contribution in [0, 0.1) is 6.92 Å². The van der Waals surface area contributed by atoms with E-state index in [1.807, 2.05) is 12.3 Å². The van der Waals surface area contributed by atoms with Crippen LogP contribution in [0.25, 0.3) is 0 Å². The largest absolute Gasteiger partial charge is 0.270 e. The van der Waals surface area contributed by atoms with Gasteiger partial charge in [-0.05, 0) is 6.92 Å². The first kappa shape index (κ1) is 9.66. The van der Waals surface area contributed by atoms with Crippen molar-refractivity contribution in [2.45, 2.75) is 13.0 Å². The van der Waals surface area contributed by atoms with E-state index in [-0.39, 0.29) is 6.04 Å². The lowest BCUT2D eigenvalue weighted by Gasteiger charge is -2.09. The second kappa shape index (κ2) is 4.09. The van der Waals surface area contributed by atoms with E-state index < -0.39 is 0 Å². The molecule has 0 aliphatic rings. The van der Waals surface area contributed by atoms with E-state index in [1.54, 1.807) is 17.5 Å². The topological polar surface area (TPSA) is 76.7 Å². The number of nitrogens with one attached hydrogen (secondary N) is 1. The number of hydrogen-bond acceptors (Lipinski definition) is 7. The van der Waals surface area contributed by atoms with Crippen molar-refractivity contribution in [2.75, 3.05) is 0 Å². The van der Waals surface area contributed by atoms with Gasteiger partial charge >= 0.3 is 0 Å². The molecule has 0 aromatic carbocycles. The molecule has 1 unspecified atom stereocenters. The number of aryl methyl sites for hydroxylation is 1. The van der Waals surface area contributed by atoms with E-state index in [1.165, 1.54) is 0 Å². The molecule has 2 aromatic heterocycles. The van der Waals surface area contributed by atoms with Crippen LogP contribution < -0.4 is 11.3 Å². The molecule has 0 aliphatic carbocycles. The lowest BCUT2D eigenvalue weighted by Crippen LogP contribution is -2.29. The number of thiazole rings is 1. The SMILES string of the molecule is Cc1nc(C(NN)c2cnsn2)cs1. The number of hydrogen-bond donors (Lipinski definition) is 2. The molecule has 7 heteroatoms. The van der Waals surface area contributed by atoms with Gasteiger partial charge in [-0.1, -0.05) is 0 Å². The van der Waals surface area contributed by atoms with E-state index in [9.17, 15) is 0 Å². The molecule has 2 aromatic rings. The number of hydrazine groups is 1. The lowest BCUT2D eigenvalue weighted by atomic mass is 10.2. The summed E-state index contributed by atoms with van der Waals surface area (Å²) < 4.78 is 8.06. The van der Waals surface area contributed by atoms with Crippen molar-refractivity contribution in [2.24, 2.45) is 5.84 Å². The van der Waals surface area contributed by atoms with Gasteiger partial charge in [0, 0.05) is 5.38 Å². The second-order valence-corrected chi connectivity index (χ2v) is 4.34. The van der Waals surface area contributed by atoms with Crippen molar-refractivity contribution in [3.63, 3.8) is 0 Å². The monoisotopic (exact) mass is 227 g/mol. The minimum Gasteiger partial charge on any atom is -0.270 e. The third-order valence-corrected chi connectivity index (χ3v) is 3.06. The first-order valence-electron chi connectivity index (χ1n) is 3.97. The summed E-state index contributed by atoms with van der Waals surface area (Å²) >= 11 is 2.76. The molecule has 0 spiro atoms. The molecule has 3 N–H and O–H groups in total. The predicted molar refractivity (Wildman–Crippen MR) is 55.9 cm³/mol. The summed E-state index contributed by atoms with van der Waals surface area (Å²) in [4.78, 5) is 4.35. The van der Waals surface area contributed by atoms with Crippen LogP contribution in [0.1, 0.15) is 22.4 Å². The van der Waals surface area contributed by atoms with E-state index in [0.29, 0.717) is 0 Å². The van der Waals surface area contributed by atoms with Gasteiger partial charge in [0.25, 0.3) is 0 Å². The quantitative estimate of drug-likeness (QED) is 0.600. The van der Waals surface area contributed by atoms with Crippen molar-refractivity contribution in [3.8, 4) is 0 Å². The fraction of sp³-hybridized carbons (Fsp3) is 0.286. The molecule has 5 nitrogen and oxygen atoms in total. The zero-order valence-corrected chi connectivity index (χ0v) is 9.10. The average molecular weight is 227 g/mol. The first-order valence-corrected chi connectivity index (χ1v) is 5.58. The molecule has 14 heavy (non-hydrogen) atoms. The van der Waals surface area contributed by atoms with E-state index in [0.717, 1.165) is 28.1 Å². The molecule has 0 fully saturated rings. The van der Waals surface area contributed by atoms with Gasteiger partial charge in [-0.2, -0.15) is 8.75 Å². The summed E-state index contributed by atoms with van der Waals surface area (Å²) in [5, 5.41) is 2.99. The van der Waals surface area contributed by atoms with E-state index >= 15 is 0 Å². The molecule has 0 bridgehead atoms. The summed E-state index contributed by atoms with van der Waals surface area (Å²) in [6.45, 7) is 1.96. The molecule has 2 rings (SSSR count). The number of nitrogens with two attached hydrogens (primary N) is 1. The molecule has 1 atom stereocenters. The summed E-state index contributed by atoms with van der Waals surface area (Å²) in [5.74, 6) is 5.46. The van der Waals surface area contributed by atoms with Gasteiger partial charge in [0.05, 0.1) is 34.3 Å². The number of nitrogens with zero attached hydrogens (tertiary/aromatic N) is 3. The minimum absolute atomic E-state index is 0.154. The van der Waals surface area contributed by atoms with Crippen molar-refractivity contribution >= 4 is 23.1 Å². The fourth-order valence-corrected chi connectivity index (χ4v) is 2.22. The van der Waals surface area contributed by atoms with Crippen LogP contribution in [0.3, 0.4) is 0 Å². The van der Waals surface area contributed by atoms with Gasteiger partial charge in [0.1, 0.15) is 6.04 Å². The maximum atomic E-state index is 5.46. The van der Waals surface area contributed by atoms with Gasteiger partial charge in [0.15, 0.2) is 0 Å². The molecular formula is C7H9N5S2. The van der Waals surface area contributed by atoms with Gasteiger partial charge < -0.3 is 0 Å². The van der Waals surface area contributed by atoms with Crippen molar-refractivity contribution in [1.82, 2.24) is 19.2 Å². The Kier molecular flexibility index (Phi) is 2.82. The molecule has 0 aliphatic heterocycles. The van der Waals surface area contributed by atoms with Crippen LogP contribution >= 0.6 is 23.1 Å². The van der Waals surface area contributed by atoms with Crippen LogP contribution in [0.4, 0.5) is 0 Å². The van der Waals surface area contributed by atoms with Gasteiger partial charge in [0.2, 0.25) is 0 Å². The maximum absolute atomic E-state index is 5.46. The van der Waals surface area contributed by atoms with Crippen LogP contribution in [0.5, 0.6) is 0 Å². The molecular weight excluding hydrogens is 218 g/mol. The fourth-order valence-electron chi connectivity index (χ4n) is 1.13. The van der Waals surface area contributed by atoms with Gasteiger partial charge in [-0.25, -0.2) is 10.4 Å². The Morgan fingerprint density at radius 1 is 1.50 bits per heavy atom. The molecule has 74 valence electrons. The third-order valence-electron chi connectivity index (χ3n) is 1.77. The highest BCUT2D eigenvalue weighted by Gasteiger charge is 2.17. The van der Waals surface area contributed by atoms with Crippen LogP contribution in [0.2, 0.25) is 0 Å². The van der Waals surface area contributed by atoms with Crippen molar-refractivity contribution in [1.29, 1.82) is 0 Å². The van der Waals surface area contributed by atoms with Gasteiger partial charge in [-0.3, -0.25) is 5.84 Å². The van der Waals surface area contributed by atoms with Gasteiger partial charge in [-0.15, -0.1) is 11.3 Å². The molecule has 0 saturated carbocycles. The standard InChI is InChI=1S/C7H9N5S2/c1-4-10-6(3-13-4)7(11-8)5-2-9-14-12-5/h2-3,7,11H,8H2,1H3. The number of rotatable bonds is 3. The third kappa shape index (κ3) is 1.80. The van der Waals surface area contributed by atoms with Crippen LogP contribution in [0.15, 0.2) is 11.6 Å². The smallest absolute Gasteiger partial charge is 0.109 e. The highest BCUT2D eigenvalue weighted by Crippen LogP contribution is 2.21. The first-order chi connectivity index (χ1) is 6.81.